The van der Waals surface area contributed by atoms with Crippen LogP contribution in [0.4, 0.5) is 5.69 Å². The number of aryl methyl sites for hydroxylation is 1. The highest BCUT2D eigenvalue weighted by atomic mass is 127. The summed E-state index contributed by atoms with van der Waals surface area (Å²) < 4.78 is 10.0. The number of thioether (sulfide) groups is 1. The fourth-order valence-corrected chi connectivity index (χ4v) is 6.86. The average molecular weight is 615 g/mol. The number of nitrogens with zero attached hydrogens (tertiary/aromatic N) is 2. The number of para-hydroxylation sites is 2. The van der Waals surface area contributed by atoms with E-state index in [9.17, 15) is 0 Å². The van der Waals surface area contributed by atoms with Crippen molar-refractivity contribution in [1.29, 1.82) is 0 Å². The van der Waals surface area contributed by atoms with Gasteiger partial charge in [-0.1, -0.05) is 59.5 Å². The van der Waals surface area contributed by atoms with Gasteiger partial charge in [0.2, 0.25) is 5.52 Å². The second-order valence-corrected chi connectivity index (χ2v) is 10.7. The molecule has 35 heavy (non-hydrogen) atoms. The first-order chi connectivity index (χ1) is 16.6. The Hall–Kier alpha value is -1.87. The van der Waals surface area contributed by atoms with Crippen LogP contribution in [0.1, 0.15) is 32.7 Å². The van der Waals surface area contributed by atoms with E-state index >= 15 is 0 Å². The number of ether oxygens (including phenoxy) is 1. The molecule has 3 heterocycles. The van der Waals surface area contributed by atoms with E-state index in [1.807, 2.05) is 23.1 Å². The Bertz CT molecular complexity index is 1340. The van der Waals surface area contributed by atoms with Gasteiger partial charge >= 0.3 is 0 Å². The summed E-state index contributed by atoms with van der Waals surface area (Å²) in [5.41, 5.74) is 5.01. The van der Waals surface area contributed by atoms with E-state index in [1.165, 1.54) is 42.0 Å². The van der Waals surface area contributed by atoms with Gasteiger partial charge in [-0.2, -0.15) is 4.57 Å². The van der Waals surface area contributed by atoms with Gasteiger partial charge in [0, 0.05) is 23.6 Å². The smallest absolute Gasteiger partial charge is 0.262 e. The van der Waals surface area contributed by atoms with Gasteiger partial charge < -0.3 is 33.6 Å². The number of fused-ring (bicyclic) bond motifs is 2. The van der Waals surface area contributed by atoms with E-state index in [-0.39, 0.29) is 36.2 Å². The lowest BCUT2D eigenvalue weighted by Gasteiger charge is -2.27. The number of allylic oxidation sites excluding steroid dienone is 2. The lowest BCUT2D eigenvalue weighted by Crippen LogP contribution is -3.00. The zero-order valence-corrected chi connectivity index (χ0v) is 24.4. The van der Waals surface area contributed by atoms with Crippen LogP contribution < -0.4 is 33.4 Å². The van der Waals surface area contributed by atoms with Crippen molar-refractivity contribution in [2.75, 3.05) is 11.4 Å². The Morgan fingerprint density at radius 1 is 0.971 bits per heavy atom. The highest BCUT2D eigenvalue weighted by Crippen LogP contribution is 2.45. The number of thiazole rings is 1. The molecule has 0 radical (unpaired) electrons. The van der Waals surface area contributed by atoms with Gasteiger partial charge in [0.05, 0.1) is 22.9 Å². The van der Waals surface area contributed by atoms with Crippen molar-refractivity contribution in [3.8, 4) is 0 Å². The van der Waals surface area contributed by atoms with E-state index in [0.29, 0.717) is 0 Å². The quantitative estimate of drug-likeness (QED) is 0.314. The Morgan fingerprint density at radius 3 is 2.54 bits per heavy atom. The Morgan fingerprint density at radius 2 is 1.74 bits per heavy atom. The minimum absolute atomic E-state index is 0. The molecule has 0 amide bonds. The van der Waals surface area contributed by atoms with Crippen molar-refractivity contribution >= 4 is 45.1 Å². The lowest BCUT2D eigenvalue weighted by molar-refractivity contribution is -0.665. The largest absolute Gasteiger partial charge is 1.00 e. The summed E-state index contributed by atoms with van der Waals surface area (Å²) in [5.74, 6) is 0. The third kappa shape index (κ3) is 5.31. The number of anilines is 1. The summed E-state index contributed by atoms with van der Waals surface area (Å²) >= 11 is 3.68. The van der Waals surface area contributed by atoms with Crippen LogP contribution >= 0.6 is 23.1 Å². The van der Waals surface area contributed by atoms with Gasteiger partial charge in [-0.15, -0.1) is 0 Å². The standard InChI is InChI=1S/C29H31N2OS2.HI/c1-5-30-24-11-7-9-13-26(24)33-28(30)17-15-22-19-23(21(4)32-20(22)3)16-18-29-31(6-2)25-12-8-10-14-27(25)34-29;/h7-21H,5-6H2,1-4H3;1H/q+1;/p-1. The number of hydrogen-bond acceptors (Lipinski definition) is 4. The zero-order valence-electron chi connectivity index (χ0n) is 20.6. The maximum Gasteiger partial charge on any atom is 0.262 e. The number of rotatable bonds is 5. The van der Waals surface area contributed by atoms with Crippen molar-refractivity contribution in [2.45, 2.75) is 51.3 Å². The molecule has 0 aliphatic carbocycles. The maximum atomic E-state index is 6.30. The molecule has 2 aliphatic rings. The first kappa shape index (κ1) is 26.2. The van der Waals surface area contributed by atoms with Crippen molar-refractivity contribution in [3.05, 3.63) is 94.0 Å². The maximum absolute atomic E-state index is 6.30. The van der Waals surface area contributed by atoms with Gasteiger partial charge in [0.25, 0.3) is 5.01 Å². The Balaban J connectivity index is 0.00000289. The Labute approximate surface area is 233 Å². The van der Waals surface area contributed by atoms with Crippen LogP contribution in [0.2, 0.25) is 0 Å². The molecule has 182 valence electrons. The summed E-state index contributed by atoms with van der Waals surface area (Å²) in [5, 5.41) is 2.53. The van der Waals surface area contributed by atoms with Crippen molar-refractivity contribution < 1.29 is 33.3 Å². The molecule has 2 aliphatic heterocycles. The molecule has 1 aromatic heterocycles. The van der Waals surface area contributed by atoms with Crippen LogP contribution in [-0.4, -0.2) is 18.8 Å². The highest BCUT2D eigenvalue weighted by Gasteiger charge is 2.24. The number of benzene rings is 2. The van der Waals surface area contributed by atoms with E-state index in [2.05, 4.69) is 116 Å². The third-order valence-electron chi connectivity index (χ3n) is 6.42. The van der Waals surface area contributed by atoms with E-state index in [0.717, 1.165) is 13.1 Å². The summed E-state index contributed by atoms with van der Waals surface area (Å²) in [6.45, 7) is 10.6. The molecule has 0 fully saturated rings. The summed E-state index contributed by atoms with van der Waals surface area (Å²) in [4.78, 5) is 3.70. The predicted octanol–water partition coefficient (Wildman–Crippen LogP) is 4.36. The summed E-state index contributed by atoms with van der Waals surface area (Å²) in [7, 11) is 0. The van der Waals surface area contributed by atoms with Gasteiger partial charge in [0.1, 0.15) is 11.2 Å². The second-order valence-electron chi connectivity index (χ2n) is 8.54. The fourth-order valence-electron chi connectivity index (χ4n) is 4.60. The molecular weight excluding hydrogens is 583 g/mol. The first-order valence-corrected chi connectivity index (χ1v) is 13.6. The van der Waals surface area contributed by atoms with Crippen molar-refractivity contribution in [2.24, 2.45) is 0 Å². The van der Waals surface area contributed by atoms with Gasteiger partial charge in [-0.05, 0) is 69.2 Å². The van der Waals surface area contributed by atoms with Crippen molar-refractivity contribution in [1.82, 2.24) is 0 Å². The summed E-state index contributed by atoms with van der Waals surface area (Å²) in [6, 6.07) is 17.2. The average Bonchev–Trinajstić information content (AvgIpc) is 3.39. The molecule has 6 heteroatoms. The zero-order chi connectivity index (χ0) is 23.7. The van der Waals surface area contributed by atoms with E-state index < -0.39 is 0 Å². The highest BCUT2D eigenvalue weighted by molar-refractivity contribution is 8.03. The molecule has 0 N–H and O–H groups in total. The number of hydrogen-bond donors (Lipinski definition) is 0. The van der Waals surface area contributed by atoms with Crippen LogP contribution in [0.15, 0.2) is 93.9 Å². The predicted molar refractivity (Wildman–Crippen MR) is 146 cm³/mol. The molecule has 0 saturated heterocycles. The van der Waals surface area contributed by atoms with Gasteiger partial charge in [-0.3, -0.25) is 0 Å². The van der Waals surface area contributed by atoms with Crippen LogP contribution in [-0.2, 0) is 11.3 Å². The molecule has 2 unspecified atom stereocenters. The first-order valence-electron chi connectivity index (χ1n) is 12.0. The lowest BCUT2D eigenvalue weighted by atomic mass is 9.99. The van der Waals surface area contributed by atoms with Crippen LogP contribution in [0.5, 0.6) is 0 Å². The normalized spacial score (nSPS) is 22.2. The minimum atomic E-state index is 0. The number of halogens is 1. The molecule has 0 saturated carbocycles. The Kier molecular flexibility index (Phi) is 8.58. The molecule has 0 spiro atoms. The van der Waals surface area contributed by atoms with Crippen LogP contribution in [0, 0.1) is 0 Å². The molecular formula is C29H31IN2OS2. The number of aromatic nitrogens is 1. The van der Waals surface area contributed by atoms with Crippen LogP contribution in [0.25, 0.3) is 16.3 Å². The molecule has 3 aromatic rings. The van der Waals surface area contributed by atoms with Crippen LogP contribution in [0.3, 0.4) is 0 Å². The molecule has 0 bridgehead atoms. The molecule has 5 rings (SSSR count). The third-order valence-corrected chi connectivity index (χ3v) is 8.68. The molecule has 2 atom stereocenters. The topological polar surface area (TPSA) is 16.4 Å². The van der Waals surface area contributed by atoms with Crippen molar-refractivity contribution in [3.63, 3.8) is 0 Å². The second kappa shape index (κ2) is 11.5. The van der Waals surface area contributed by atoms with E-state index in [1.54, 1.807) is 0 Å². The fraction of sp³-hybridized carbons (Fsp3) is 0.276. The van der Waals surface area contributed by atoms with E-state index in [4.69, 9.17) is 4.74 Å². The van der Waals surface area contributed by atoms with Gasteiger partial charge in [-0.25, -0.2) is 0 Å². The van der Waals surface area contributed by atoms with Gasteiger partial charge in [0.15, 0.2) is 0 Å². The molecule has 2 aromatic carbocycles. The minimum Gasteiger partial charge on any atom is -1.00 e. The monoisotopic (exact) mass is 614 g/mol. The SMILES string of the molecule is CCN1/C(=C/C=C2C=C(/C=C/c3sc4ccccc4[n+]3CC)C(C)OC/2C)Sc2ccccc21.[I-]. The summed E-state index contributed by atoms with van der Waals surface area (Å²) in [6.07, 6.45) is 11.4. The molecule has 3 nitrogen and oxygen atoms in total.